The van der Waals surface area contributed by atoms with Crippen molar-refractivity contribution in [2.45, 2.75) is 12.8 Å². The molecule has 1 aliphatic rings. The van der Waals surface area contributed by atoms with E-state index in [-0.39, 0.29) is 5.91 Å². The third-order valence-corrected chi connectivity index (χ3v) is 3.55. The number of carbonyl (C=O) groups excluding carboxylic acids is 1. The minimum absolute atomic E-state index is 0.161. The monoisotopic (exact) mass is 279 g/mol. The number of hydrogen-bond acceptors (Lipinski definition) is 4. The number of hydrogen-bond donors (Lipinski definition) is 1. The van der Waals surface area contributed by atoms with Gasteiger partial charge < -0.3 is 19.5 Å². The fraction of sp³-hybridized carbons (Fsp3) is 0.533. The summed E-state index contributed by atoms with van der Waals surface area (Å²) >= 11 is 0. The molecule has 2 rings (SSSR count). The molecule has 0 atom stereocenters. The average Bonchev–Trinajstić information content (AvgIpc) is 2.52. The molecule has 0 saturated carbocycles. The van der Waals surface area contributed by atoms with Gasteiger partial charge in [-0.2, -0.15) is 0 Å². The van der Waals surface area contributed by atoms with Crippen LogP contribution in [0.25, 0.3) is 0 Å². The van der Waals surface area contributed by atoms with Gasteiger partial charge in [0, 0.05) is 19.8 Å². The lowest BCUT2D eigenvalue weighted by Crippen LogP contribution is -2.32. The highest BCUT2D eigenvalue weighted by atomic mass is 16.5. The van der Waals surface area contributed by atoms with E-state index in [4.69, 9.17) is 14.2 Å². The van der Waals surface area contributed by atoms with E-state index in [1.54, 1.807) is 32.4 Å². The first kappa shape index (κ1) is 14.7. The van der Waals surface area contributed by atoms with Crippen molar-refractivity contribution >= 4 is 5.91 Å². The van der Waals surface area contributed by atoms with E-state index in [2.05, 4.69) is 5.32 Å². The zero-order valence-electron chi connectivity index (χ0n) is 12.0. The van der Waals surface area contributed by atoms with Crippen LogP contribution >= 0.6 is 0 Å². The van der Waals surface area contributed by atoms with Crippen LogP contribution in [0.2, 0.25) is 0 Å². The van der Waals surface area contributed by atoms with Gasteiger partial charge in [-0.25, -0.2) is 0 Å². The van der Waals surface area contributed by atoms with Gasteiger partial charge >= 0.3 is 0 Å². The third-order valence-electron chi connectivity index (χ3n) is 3.55. The van der Waals surface area contributed by atoms with Crippen LogP contribution in [0.4, 0.5) is 0 Å². The van der Waals surface area contributed by atoms with Crippen LogP contribution in [-0.2, 0) is 4.74 Å². The number of amides is 1. The summed E-state index contributed by atoms with van der Waals surface area (Å²) in [5.74, 6) is 1.36. The Balaban J connectivity index is 2.04. The minimum Gasteiger partial charge on any atom is -0.496 e. The number of methoxy groups -OCH3 is 2. The summed E-state index contributed by atoms with van der Waals surface area (Å²) in [6.45, 7) is 2.21. The molecule has 1 aromatic carbocycles. The zero-order valence-corrected chi connectivity index (χ0v) is 12.0. The molecule has 1 amide bonds. The van der Waals surface area contributed by atoms with Crippen LogP contribution in [0, 0.1) is 5.92 Å². The average molecular weight is 279 g/mol. The van der Waals surface area contributed by atoms with Gasteiger partial charge in [0.2, 0.25) is 0 Å². The predicted octanol–water partition coefficient (Wildman–Crippen LogP) is 1.86. The highest BCUT2D eigenvalue weighted by molar-refractivity contribution is 5.99. The molecule has 0 spiro atoms. The molecule has 20 heavy (non-hydrogen) atoms. The Morgan fingerprint density at radius 3 is 2.40 bits per heavy atom. The van der Waals surface area contributed by atoms with Crippen molar-refractivity contribution in [3.63, 3.8) is 0 Å². The van der Waals surface area contributed by atoms with E-state index in [0.29, 0.717) is 29.5 Å². The van der Waals surface area contributed by atoms with Crippen molar-refractivity contribution in [2.24, 2.45) is 5.92 Å². The fourth-order valence-electron chi connectivity index (χ4n) is 2.35. The molecule has 1 aromatic rings. The molecule has 5 heteroatoms. The number of ether oxygens (including phenoxy) is 3. The smallest absolute Gasteiger partial charge is 0.258 e. The highest BCUT2D eigenvalue weighted by Gasteiger charge is 2.20. The molecule has 0 bridgehead atoms. The molecule has 1 heterocycles. The van der Waals surface area contributed by atoms with Gasteiger partial charge in [0.1, 0.15) is 17.1 Å². The van der Waals surface area contributed by atoms with E-state index in [0.717, 1.165) is 26.1 Å². The number of nitrogens with one attached hydrogen (secondary N) is 1. The molecule has 0 radical (unpaired) electrons. The van der Waals surface area contributed by atoms with E-state index in [1.807, 2.05) is 0 Å². The largest absolute Gasteiger partial charge is 0.496 e. The van der Waals surface area contributed by atoms with Crippen molar-refractivity contribution < 1.29 is 19.0 Å². The Hall–Kier alpha value is -1.75. The molecule has 1 saturated heterocycles. The Labute approximate surface area is 119 Å². The van der Waals surface area contributed by atoms with Crippen LogP contribution in [0.15, 0.2) is 18.2 Å². The summed E-state index contributed by atoms with van der Waals surface area (Å²) < 4.78 is 15.8. The number of carbonyl (C=O) groups is 1. The lowest BCUT2D eigenvalue weighted by molar-refractivity contribution is 0.0642. The SMILES string of the molecule is COc1cccc(OC)c1C(=O)NCC1CCOCC1. The molecule has 1 fully saturated rings. The minimum atomic E-state index is -0.161. The maximum Gasteiger partial charge on any atom is 0.258 e. The van der Waals surface area contributed by atoms with Crippen LogP contribution in [0.5, 0.6) is 11.5 Å². The van der Waals surface area contributed by atoms with Crippen LogP contribution in [0.1, 0.15) is 23.2 Å². The normalized spacial score (nSPS) is 15.7. The van der Waals surface area contributed by atoms with Crippen molar-refractivity contribution in [2.75, 3.05) is 34.0 Å². The van der Waals surface area contributed by atoms with E-state index in [9.17, 15) is 4.79 Å². The van der Waals surface area contributed by atoms with E-state index < -0.39 is 0 Å². The Bertz CT molecular complexity index is 433. The van der Waals surface area contributed by atoms with Crippen LogP contribution in [0.3, 0.4) is 0 Å². The molecular weight excluding hydrogens is 258 g/mol. The van der Waals surface area contributed by atoms with Crippen molar-refractivity contribution in [3.8, 4) is 11.5 Å². The summed E-state index contributed by atoms with van der Waals surface area (Å²) in [6.07, 6.45) is 1.98. The third kappa shape index (κ3) is 3.42. The Morgan fingerprint density at radius 2 is 1.85 bits per heavy atom. The standard InChI is InChI=1S/C15H21NO4/c1-18-12-4-3-5-13(19-2)14(12)15(17)16-10-11-6-8-20-9-7-11/h3-5,11H,6-10H2,1-2H3,(H,16,17). The molecule has 0 unspecified atom stereocenters. The van der Waals surface area contributed by atoms with Crippen molar-refractivity contribution in [1.82, 2.24) is 5.32 Å². The summed E-state index contributed by atoms with van der Waals surface area (Å²) in [5.41, 5.74) is 0.449. The maximum atomic E-state index is 12.3. The molecule has 0 aliphatic carbocycles. The topological polar surface area (TPSA) is 56.8 Å². The molecular formula is C15H21NO4. The van der Waals surface area contributed by atoms with Gasteiger partial charge in [-0.1, -0.05) is 6.07 Å². The summed E-state index contributed by atoms with van der Waals surface area (Å²) in [6, 6.07) is 5.31. The van der Waals surface area contributed by atoms with Gasteiger partial charge in [0.15, 0.2) is 0 Å². The molecule has 110 valence electrons. The first-order chi connectivity index (χ1) is 9.76. The second kappa shape index (κ2) is 7.14. The van der Waals surface area contributed by atoms with Gasteiger partial charge in [-0.3, -0.25) is 4.79 Å². The fourth-order valence-corrected chi connectivity index (χ4v) is 2.35. The first-order valence-corrected chi connectivity index (χ1v) is 6.83. The Morgan fingerprint density at radius 1 is 1.25 bits per heavy atom. The quantitative estimate of drug-likeness (QED) is 0.894. The Kier molecular flexibility index (Phi) is 5.24. The van der Waals surface area contributed by atoms with Gasteiger partial charge in [0.05, 0.1) is 14.2 Å². The van der Waals surface area contributed by atoms with Gasteiger partial charge in [0.25, 0.3) is 5.91 Å². The second-order valence-corrected chi connectivity index (χ2v) is 4.80. The molecule has 1 aliphatic heterocycles. The van der Waals surface area contributed by atoms with E-state index in [1.165, 1.54) is 0 Å². The molecule has 5 nitrogen and oxygen atoms in total. The maximum absolute atomic E-state index is 12.3. The summed E-state index contributed by atoms with van der Waals surface area (Å²) in [4.78, 5) is 12.3. The highest BCUT2D eigenvalue weighted by Crippen LogP contribution is 2.28. The summed E-state index contributed by atoms with van der Waals surface area (Å²) in [5, 5.41) is 2.96. The van der Waals surface area contributed by atoms with E-state index >= 15 is 0 Å². The molecule has 1 N–H and O–H groups in total. The lowest BCUT2D eigenvalue weighted by atomic mass is 10.0. The second-order valence-electron chi connectivity index (χ2n) is 4.80. The predicted molar refractivity (Wildman–Crippen MR) is 75.4 cm³/mol. The first-order valence-electron chi connectivity index (χ1n) is 6.83. The molecule has 0 aromatic heterocycles. The van der Waals surface area contributed by atoms with Gasteiger partial charge in [-0.05, 0) is 30.9 Å². The lowest BCUT2D eigenvalue weighted by Gasteiger charge is -2.22. The van der Waals surface area contributed by atoms with Gasteiger partial charge in [-0.15, -0.1) is 0 Å². The van der Waals surface area contributed by atoms with Crippen molar-refractivity contribution in [1.29, 1.82) is 0 Å². The van der Waals surface area contributed by atoms with Crippen LogP contribution in [-0.4, -0.2) is 39.9 Å². The number of rotatable bonds is 5. The summed E-state index contributed by atoms with van der Waals surface area (Å²) in [7, 11) is 3.09. The van der Waals surface area contributed by atoms with Crippen molar-refractivity contribution in [3.05, 3.63) is 23.8 Å². The van der Waals surface area contributed by atoms with Crippen LogP contribution < -0.4 is 14.8 Å². The number of benzene rings is 1. The zero-order chi connectivity index (χ0) is 14.4.